The van der Waals surface area contributed by atoms with Crippen LogP contribution in [0.2, 0.25) is 0 Å². The maximum absolute atomic E-state index is 13.9. The fourth-order valence-corrected chi connectivity index (χ4v) is 6.37. The van der Waals surface area contributed by atoms with Crippen LogP contribution in [0.3, 0.4) is 0 Å². The number of sulfonamides is 1. The molecule has 274 valence electrons. The van der Waals surface area contributed by atoms with Gasteiger partial charge in [-0.25, -0.2) is 17.9 Å². The first kappa shape index (κ1) is 39.6. The molecule has 15 nitrogen and oxygen atoms in total. The van der Waals surface area contributed by atoms with E-state index >= 15 is 0 Å². The third kappa shape index (κ3) is 12.2. The number of guanidine groups is 1. The van der Waals surface area contributed by atoms with Gasteiger partial charge in [-0.1, -0.05) is 44.2 Å². The van der Waals surface area contributed by atoms with Crippen LogP contribution in [-0.2, 0) is 35.8 Å². The third-order valence-electron chi connectivity index (χ3n) is 7.87. The third-order valence-corrected chi connectivity index (χ3v) is 9.24. The Bertz CT molecular complexity index is 1570. The summed E-state index contributed by atoms with van der Waals surface area (Å²) in [6, 6.07) is 12.1. The number of nitrogens with zero attached hydrogens (tertiary/aromatic N) is 2. The molecule has 0 saturated carbocycles. The van der Waals surface area contributed by atoms with Gasteiger partial charge in [-0.2, -0.15) is 0 Å². The van der Waals surface area contributed by atoms with E-state index in [0.717, 1.165) is 5.56 Å². The molecule has 0 aliphatic carbocycles. The van der Waals surface area contributed by atoms with E-state index in [-0.39, 0.29) is 55.1 Å². The van der Waals surface area contributed by atoms with Crippen LogP contribution in [0.1, 0.15) is 58.4 Å². The summed E-state index contributed by atoms with van der Waals surface area (Å²) < 4.78 is 38.1. The Morgan fingerprint density at radius 1 is 1.02 bits per heavy atom. The van der Waals surface area contributed by atoms with Crippen molar-refractivity contribution >= 4 is 39.8 Å². The van der Waals surface area contributed by atoms with Crippen LogP contribution in [0.15, 0.2) is 64.5 Å². The van der Waals surface area contributed by atoms with Gasteiger partial charge in [-0.3, -0.25) is 19.4 Å². The zero-order chi connectivity index (χ0) is 36.7. The smallest absolute Gasteiger partial charge is 0.408 e. The van der Waals surface area contributed by atoms with Crippen LogP contribution in [0, 0.1) is 5.92 Å². The van der Waals surface area contributed by atoms with Gasteiger partial charge < -0.3 is 36.1 Å². The van der Waals surface area contributed by atoms with E-state index in [2.05, 4.69) is 25.7 Å². The number of carbonyl (C=O) groups is 4. The van der Waals surface area contributed by atoms with Crippen LogP contribution >= 0.6 is 0 Å². The van der Waals surface area contributed by atoms with Gasteiger partial charge in [0, 0.05) is 19.6 Å². The van der Waals surface area contributed by atoms with Gasteiger partial charge in [0.1, 0.15) is 30.5 Å². The maximum atomic E-state index is 13.9. The van der Waals surface area contributed by atoms with E-state index < -0.39 is 46.1 Å². The molecule has 0 bridgehead atoms. The zero-order valence-corrected chi connectivity index (χ0v) is 29.8. The van der Waals surface area contributed by atoms with Gasteiger partial charge >= 0.3 is 6.09 Å². The summed E-state index contributed by atoms with van der Waals surface area (Å²) in [7, 11) is -2.54. The topological polar surface area (TPSA) is 211 Å². The number of methoxy groups -OCH3 is 1. The van der Waals surface area contributed by atoms with Gasteiger partial charge in [0.2, 0.25) is 23.7 Å². The molecule has 0 spiro atoms. The van der Waals surface area contributed by atoms with Gasteiger partial charge in [-0.05, 0) is 74.8 Å². The summed E-state index contributed by atoms with van der Waals surface area (Å²) >= 11 is 0. The number of nitrogens with two attached hydrogens (primary N) is 1. The lowest BCUT2D eigenvalue weighted by atomic mass is 10.0. The fraction of sp³-hybridized carbons (Fsp3) is 0.500. The number of hydrogen-bond donors (Lipinski definition) is 5. The molecule has 0 radical (unpaired) electrons. The Labute approximate surface area is 293 Å². The van der Waals surface area contributed by atoms with Crippen molar-refractivity contribution in [3.63, 3.8) is 0 Å². The molecule has 1 aliphatic rings. The van der Waals surface area contributed by atoms with Crippen molar-refractivity contribution in [1.29, 1.82) is 0 Å². The largest absolute Gasteiger partial charge is 0.497 e. The first-order valence-electron chi connectivity index (χ1n) is 16.7. The predicted molar refractivity (Wildman–Crippen MR) is 187 cm³/mol. The molecular formula is C34H49N7O8S. The normalized spacial score (nSPS) is 15.9. The lowest BCUT2D eigenvalue weighted by Gasteiger charge is -2.30. The molecule has 3 rings (SSSR count). The highest BCUT2D eigenvalue weighted by Crippen LogP contribution is 2.20. The molecule has 4 amide bonds. The summed E-state index contributed by atoms with van der Waals surface area (Å²) in [5.74, 6) is -1.16. The number of likely N-dealkylation sites (N-methyl/N-ethyl adjacent to an activating group) is 1. The molecule has 1 aliphatic heterocycles. The van der Waals surface area contributed by atoms with E-state index in [1.165, 1.54) is 36.3 Å². The zero-order valence-electron chi connectivity index (χ0n) is 29.0. The second kappa shape index (κ2) is 19.4. The first-order valence-corrected chi connectivity index (χ1v) is 18.2. The number of carbonyl (C=O) groups excluding carboxylic acids is 4. The molecule has 0 aromatic heterocycles. The van der Waals surface area contributed by atoms with Crippen LogP contribution < -0.4 is 31.1 Å². The number of nitrogens with one attached hydrogen (secondary N) is 4. The van der Waals surface area contributed by atoms with Gasteiger partial charge in [-0.15, -0.1) is 0 Å². The number of likely N-dealkylation sites (tertiary alicyclic amines) is 1. The SMILES string of the molecule is CCNC(=O)[C@@H]1CCCN1C(=O)[C@H](CCCN=C(N)NS(=O)(=O)c1ccc(OC)cc1)NC(=O)[C@H](CC(C)C)NC(=O)OCc1ccccc1. The summed E-state index contributed by atoms with van der Waals surface area (Å²) in [4.78, 5) is 58.5. The molecule has 2 aromatic carbocycles. The standard InChI is InChI=1S/C34H49N7O8S/c1-5-36-31(43)29-14-10-20-41(29)32(44)27(13-9-19-37-33(35)40-50(46,47)26-17-15-25(48-4)16-18-26)38-30(42)28(21-23(2)3)39-34(45)49-22-24-11-7-6-8-12-24/h6-8,11-12,15-18,23,27-29H,5,9-10,13-14,19-22H2,1-4H3,(H,36,43)(H,38,42)(H,39,45)(H3,35,37,40)/t27-,28-,29-/m0/s1. The number of rotatable bonds is 17. The molecular weight excluding hydrogens is 666 g/mol. The number of benzene rings is 2. The Morgan fingerprint density at radius 3 is 2.36 bits per heavy atom. The summed E-state index contributed by atoms with van der Waals surface area (Å²) in [6.07, 6.45) is 0.913. The highest BCUT2D eigenvalue weighted by atomic mass is 32.2. The van der Waals surface area contributed by atoms with Crippen LogP contribution in [0.4, 0.5) is 4.79 Å². The molecule has 16 heteroatoms. The van der Waals surface area contributed by atoms with E-state index in [4.69, 9.17) is 15.2 Å². The number of amides is 4. The predicted octanol–water partition coefficient (Wildman–Crippen LogP) is 2.02. The van der Waals surface area contributed by atoms with Crippen molar-refractivity contribution in [3.05, 3.63) is 60.2 Å². The lowest BCUT2D eigenvalue weighted by Crippen LogP contribution is -2.56. The Morgan fingerprint density at radius 2 is 1.72 bits per heavy atom. The fourth-order valence-electron chi connectivity index (χ4n) is 5.41. The van der Waals surface area contributed by atoms with Crippen molar-refractivity contribution in [2.24, 2.45) is 16.6 Å². The first-order chi connectivity index (χ1) is 23.8. The van der Waals surface area contributed by atoms with Crippen molar-refractivity contribution < 1.29 is 37.1 Å². The second-order valence-electron chi connectivity index (χ2n) is 12.2. The molecule has 1 saturated heterocycles. The molecule has 3 atom stereocenters. The minimum atomic E-state index is -4.01. The maximum Gasteiger partial charge on any atom is 0.408 e. The van der Waals surface area contributed by atoms with E-state index in [1.54, 1.807) is 6.92 Å². The summed E-state index contributed by atoms with van der Waals surface area (Å²) in [5.41, 5.74) is 6.66. The Kier molecular flexibility index (Phi) is 15.3. The minimum Gasteiger partial charge on any atom is -0.497 e. The number of ether oxygens (including phenoxy) is 2. The average Bonchev–Trinajstić information content (AvgIpc) is 3.58. The summed E-state index contributed by atoms with van der Waals surface area (Å²) in [6.45, 7) is 6.36. The Hall–Kier alpha value is -4.86. The van der Waals surface area contributed by atoms with Gasteiger partial charge in [0.25, 0.3) is 10.0 Å². The summed E-state index contributed by atoms with van der Waals surface area (Å²) in [5, 5.41) is 8.18. The molecule has 0 unspecified atom stereocenters. The number of aliphatic imine (C=N–C) groups is 1. The minimum absolute atomic E-state index is 0.00836. The van der Waals surface area contributed by atoms with Crippen molar-refractivity contribution in [3.8, 4) is 5.75 Å². The van der Waals surface area contributed by atoms with Crippen LogP contribution in [-0.4, -0.2) is 88.0 Å². The quantitative estimate of drug-likeness (QED) is 0.0920. The van der Waals surface area contributed by atoms with Crippen molar-refractivity contribution in [2.75, 3.05) is 26.7 Å². The van der Waals surface area contributed by atoms with Crippen molar-refractivity contribution in [1.82, 2.24) is 25.6 Å². The second-order valence-corrected chi connectivity index (χ2v) is 13.9. The van der Waals surface area contributed by atoms with E-state index in [9.17, 15) is 27.6 Å². The van der Waals surface area contributed by atoms with Crippen molar-refractivity contribution in [2.45, 2.75) is 82.5 Å². The molecule has 6 N–H and O–H groups in total. The van der Waals surface area contributed by atoms with Crippen LogP contribution in [0.5, 0.6) is 5.75 Å². The van der Waals surface area contributed by atoms with Gasteiger partial charge in [0.15, 0.2) is 0 Å². The Balaban J connectivity index is 1.71. The van der Waals surface area contributed by atoms with E-state index in [0.29, 0.717) is 31.7 Å². The molecule has 50 heavy (non-hydrogen) atoms. The molecule has 2 aromatic rings. The van der Waals surface area contributed by atoms with Crippen LogP contribution in [0.25, 0.3) is 0 Å². The highest BCUT2D eigenvalue weighted by Gasteiger charge is 2.38. The number of hydrogen-bond acceptors (Lipinski definition) is 9. The molecule has 1 fully saturated rings. The highest BCUT2D eigenvalue weighted by molar-refractivity contribution is 7.90. The monoisotopic (exact) mass is 715 g/mol. The van der Waals surface area contributed by atoms with E-state index in [1.807, 2.05) is 44.2 Å². The average molecular weight is 716 g/mol. The van der Waals surface area contributed by atoms with Gasteiger partial charge in [0.05, 0.1) is 12.0 Å². The number of alkyl carbamates (subject to hydrolysis) is 1. The lowest BCUT2D eigenvalue weighted by molar-refractivity contribution is -0.141. The molecule has 1 heterocycles.